The van der Waals surface area contributed by atoms with Crippen molar-refractivity contribution in [1.29, 1.82) is 0 Å². The Hall–Kier alpha value is 0.630. The van der Waals surface area contributed by atoms with E-state index in [1.165, 1.54) is 26.4 Å². The molecule has 3 nitrogen and oxygen atoms in total. The van der Waals surface area contributed by atoms with E-state index in [4.69, 9.17) is 5.11 Å². The van der Waals surface area contributed by atoms with E-state index in [-0.39, 0.29) is 6.10 Å². The van der Waals surface area contributed by atoms with Crippen molar-refractivity contribution in [3.8, 4) is 0 Å². The Balaban J connectivity index is 3.73. The monoisotopic (exact) mass is 550 g/mol. The molecule has 0 spiro atoms. The molecule has 136 valence electrons. The standard InChI is InChI=1S/C18H32I2O3/c1-2-3-4-8-11-15(21)14-17(20)16(19)12-9-6-5-7-10-13-18(22)23/h15,21H,2-14H2,1H3,(H,22,23)/b17-16+/t15-/m1/s1. The Morgan fingerprint density at radius 3 is 2.04 bits per heavy atom. The molecule has 0 aromatic heterocycles. The number of carbonyl (C=O) groups is 1. The molecule has 0 heterocycles. The normalized spacial score (nSPS) is 13.7. The number of aliphatic hydroxyl groups is 1. The van der Waals surface area contributed by atoms with Gasteiger partial charge in [-0.1, -0.05) is 51.9 Å². The van der Waals surface area contributed by atoms with Crippen LogP contribution in [0.15, 0.2) is 7.16 Å². The third kappa shape index (κ3) is 15.9. The zero-order valence-corrected chi connectivity index (χ0v) is 18.6. The van der Waals surface area contributed by atoms with Gasteiger partial charge in [0.25, 0.3) is 0 Å². The summed E-state index contributed by atoms with van der Waals surface area (Å²) < 4.78 is 2.68. The Labute approximate surface area is 169 Å². The van der Waals surface area contributed by atoms with Gasteiger partial charge < -0.3 is 10.2 Å². The molecule has 0 aliphatic rings. The third-order valence-electron chi connectivity index (χ3n) is 3.89. The number of aliphatic carboxylic acids is 1. The molecule has 23 heavy (non-hydrogen) atoms. The van der Waals surface area contributed by atoms with Crippen molar-refractivity contribution >= 4 is 51.2 Å². The lowest BCUT2D eigenvalue weighted by Gasteiger charge is -2.11. The van der Waals surface area contributed by atoms with Crippen LogP contribution in [0, 0.1) is 0 Å². The van der Waals surface area contributed by atoms with E-state index in [0.29, 0.717) is 6.42 Å². The number of unbranched alkanes of at least 4 members (excludes halogenated alkanes) is 7. The molecule has 5 heteroatoms. The van der Waals surface area contributed by atoms with Gasteiger partial charge in [-0.25, -0.2) is 0 Å². The highest BCUT2D eigenvalue weighted by Crippen LogP contribution is 2.29. The van der Waals surface area contributed by atoms with E-state index in [0.717, 1.165) is 57.8 Å². The number of halogens is 2. The van der Waals surface area contributed by atoms with Crippen molar-refractivity contribution in [2.45, 2.75) is 96.5 Å². The zero-order chi connectivity index (χ0) is 17.5. The molecule has 0 amide bonds. The molecule has 0 saturated carbocycles. The van der Waals surface area contributed by atoms with Gasteiger partial charge in [0.1, 0.15) is 0 Å². The van der Waals surface area contributed by atoms with Gasteiger partial charge in [-0.05, 0) is 74.4 Å². The molecule has 0 radical (unpaired) electrons. The van der Waals surface area contributed by atoms with Crippen molar-refractivity contribution < 1.29 is 15.0 Å². The van der Waals surface area contributed by atoms with Gasteiger partial charge >= 0.3 is 5.97 Å². The van der Waals surface area contributed by atoms with Gasteiger partial charge in [-0.15, -0.1) is 0 Å². The Kier molecular flexibility index (Phi) is 16.6. The van der Waals surface area contributed by atoms with E-state index in [9.17, 15) is 9.90 Å². The first-order valence-corrected chi connectivity index (χ1v) is 11.1. The van der Waals surface area contributed by atoms with Crippen LogP contribution in [0.4, 0.5) is 0 Å². The van der Waals surface area contributed by atoms with E-state index in [1.807, 2.05) is 0 Å². The number of carboxylic acid groups (broad SMARTS) is 1. The molecule has 2 N–H and O–H groups in total. The van der Waals surface area contributed by atoms with Crippen molar-refractivity contribution in [1.82, 2.24) is 0 Å². The molecule has 0 aliphatic heterocycles. The smallest absolute Gasteiger partial charge is 0.303 e. The number of hydrogen-bond acceptors (Lipinski definition) is 2. The largest absolute Gasteiger partial charge is 0.481 e. The molecule has 0 fully saturated rings. The van der Waals surface area contributed by atoms with Crippen LogP contribution in [-0.4, -0.2) is 22.3 Å². The Morgan fingerprint density at radius 1 is 0.870 bits per heavy atom. The van der Waals surface area contributed by atoms with Gasteiger partial charge in [-0.2, -0.15) is 0 Å². The van der Waals surface area contributed by atoms with Crippen LogP contribution in [0.2, 0.25) is 0 Å². The third-order valence-corrected chi connectivity index (χ3v) is 7.20. The Bertz CT molecular complexity index is 343. The molecule has 0 unspecified atom stereocenters. The lowest BCUT2D eigenvalue weighted by molar-refractivity contribution is -0.137. The highest BCUT2D eigenvalue weighted by Gasteiger charge is 2.09. The summed E-state index contributed by atoms with van der Waals surface area (Å²) in [4.78, 5) is 10.4. The molecular weight excluding hydrogens is 518 g/mol. The average molecular weight is 550 g/mol. The number of hydrogen-bond donors (Lipinski definition) is 2. The molecular formula is C18H32I2O3. The zero-order valence-electron chi connectivity index (χ0n) is 14.3. The van der Waals surface area contributed by atoms with Gasteiger partial charge in [0.2, 0.25) is 0 Å². The molecule has 0 aromatic carbocycles. The summed E-state index contributed by atoms with van der Waals surface area (Å²) in [6, 6.07) is 0. The van der Waals surface area contributed by atoms with Crippen LogP contribution in [-0.2, 0) is 4.79 Å². The second-order valence-corrected chi connectivity index (χ2v) is 8.78. The predicted molar refractivity (Wildman–Crippen MR) is 114 cm³/mol. The highest BCUT2D eigenvalue weighted by atomic mass is 127. The maximum absolute atomic E-state index is 10.4. The van der Waals surface area contributed by atoms with Crippen molar-refractivity contribution in [2.75, 3.05) is 0 Å². The number of aliphatic hydroxyl groups excluding tert-OH is 1. The summed E-state index contributed by atoms with van der Waals surface area (Å²) in [5.41, 5.74) is 0. The van der Waals surface area contributed by atoms with Crippen molar-refractivity contribution in [3.05, 3.63) is 7.16 Å². The van der Waals surface area contributed by atoms with Crippen LogP contribution in [0.25, 0.3) is 0 Å². The van der Waals surface area contributed by atoms with E-state index in [2.05, 4.69) is 52.1 Å². The predicted octanol–water partition coefficient (Wildman–Crippen LogP) is 6.60. The minimum Gasteiger partial charge on any atom is -0.481 e. The minimum absolute atomic E-state index is 0.195. The Morgan fingerprint density at radius 2 is 1.43 bits per heavy atom. The van der Waals surface area contributed by atoms with Crippen LogP contribution < -0.4 is 0 Å². The molecule has 0 bridgehead atoms. The fourth-order valence-electron chi connectivity index (χ4n) is 2.45. The maximum atomic E-state index is 10.4. The van der Waals surface area contributed by atoms with Gasteiger partial charge in [0.05, 0.1) is 6.10 Å². The van der Waals surface area contributed by atoms with Crippen molar-refractivity contribution in [2.24, 2.45) is 0 Å². The highest BCUT2D eigenvalue weighted by molar-refractivity contribution is 14.1. The number of carboxylic acids is 1. The topological polar surface area (TPSA) is 57.5 Å². The lowest BCUT2D eigenvalue weighted by atomic mass is 10.1. The lowest BCUT2D eigenvalue weighted by Crippen LogP contribution is -2.06. The fraction of sp³-hybridized carbons (Fsp3) is 0.833. The average Bonchev–Trinajstić information content (AvgIpc) is 2.50. The summed E-state index contributed by atoms with van der Waals surface area (Å²) in [7, 11) is 0. The summed E-state index contributed by atoms with van der Waals surface area (Å²) in [5, 5.41) is 18.7. The second-order valence-electron chi connectivity index (χ2n) is 6.18. The van der Waals surface area contributed by atoms with E-state index >= 15 is 0 Å². The van der Waals surface area contributed by atoms with Crippen LogP contribution in [0.5, 0.6) is 0 Å². The summed E-state index contributed by atoms with van der Waals surface area (Å²) in [6.45, 7) is 2.20. The van der Waals surface area contributed by atoms with Gasteiger partial charge in [0, 0.05) is 16.4 Å². The van der Waals surface area contributed by atoms with Crippen molar-refractivity contribution in [3.63, 3.8) is 0 Å². The molecule has 0 aromatic rings. The molecule has 0 aliphatic carbocycles. The van der Waals surface area contributed by atoms with Gasteiger partial charge in [-0.3, -0.25) is 4.79 Å². The quantitative estimate of drug-likeness (QED) is 0.178. The van der Waals surface area contributed by atoms with Gasteiger partial charge in [0.15, 0.2) is 0 Å². The first-order chi connectivity index (χ1) is 11.0. The number of allylic oxidation sites excluding steroid dienone is 1. The first-order valence-electron chi connectivity index (χ1n) is 8.90. The summed E-state index contributed by atoms with van der Waals surface area (Å²) in [5.74, 6) is -0.690. The summed E-state index contributed by atoms with van der Waals surface area (Å²) in [6.07, 6.45) is 13.0. The van der Waals surface area contributed by atoms with Crippen LogP contribution in [0.1, 0.15) is 90.4 Å². The minimum atomic E-state index is -0.690. The SMILES string of the molecule is CCCCCC[C@@H](O)C/C(I)=C(\I)CCCCCCCC(=O)O. The van der Waals surface area contributed by atoms with E-state index < -0.39 is 5.97 Å². The van der Waals surface area contributed by atoms with E-state index in [1.54, 1.807) is 0 Å². The molecule has 0 saturated heterocycles. The number of rotatable bonds is 15. The maximum Gasteiger partial charge on any atom is 0.303 e. The fourth-order valence-corrected chi connectivity index (χ4v) is 3.83. The molecule has 0 rings (SSSR count). The first kappa shape index (κ1) is 23.6. The van der Waals surface area contributed by atoms with Crippen LogP contribution in [0.3, 0.4) is 0 Å². The molecule has 1 atom stereocenters. The summed E-state index contributed by atoms with van der Waals surface area (Å²) >= 11 is 4.79. The second kappa shape index (κ2) is 16.1. The van der Waals surface area contributed by atoms with Crippen LogP contribution >= 0.6 is 45.2 Å².